The molecule has 0 spiro atoms. The zero-order chi connectivity index (χ0) is 15.1. The van der Waals surface area contributed by atoms with Gasteiger partial charge in [0.25, 0.3) is 5.69 Å². The fraction of sp³-hybridized carbons (Fsp3) is 0.111. The van der Waals surface area contributed by atoms with E-state index < -0.39 is 14.9 Å². The first-order valence-electron chi connectivity index (χ1n) is 4.96. The SMILES string of the molecule is CS(=O)(=O)Nc1nc2cc(Cl)c([N+](=O)[O-])cc2nc1Cl. The van der Waals surface area contributed by atoms with E-state index >= 15 is 0 Å². The van der Waals surface area contributed by atoms with Gasteiger partial charge in [-0.25, -0.2) is 18.4 Å². The highest BCUT2D eigenvalue weighted by atomic mass is 35.5. The molecule has 20 heavy (non-hydrogen) atoms. The lowest BCUT2D eigenvalue weighted by atomic mass is 10.2. The second-order valence-corrected chi connectivity index (χ2v) is 6.30. The number of nitro benzene ring substituents is 1. The van der Waals surface area contributed by atoms with Crippen LogP contribution in [0.15, 0.2) is 12.1 Å². The van der Waals surface area contributed by atoms with E-state index in [0.717, 1.165) is 12.3 Å². The summed E-state index contributed by atoms with van der Waals surface area (Å²) < 4.78 is 24.4. The van der Waals surface area contributed by atoms with E-state index in [4.69, 9.17) is 23.2 Å². The summed E-state index contributed by atoms with van der Waals surface area (Å²) in [5.41, 5.74) is -0.0327. The number of hydrogen-bond donors (Lipinski definition) is 1. The number of sulfonamides is 1. The normalized spacial score (nSPS) is 11.6. The van der Waals surface area contributed by atoms with Crippen molar-refractivity contribution < 1.29 is 13.3 Å². The molecule has 0 aliphatic heterocycles. The molecule has 2 rings (SSSR count). The minimum absolute atomic E-state index is 0.130. The molecule has 1 heterocycles. The third-order valence-corrected chi connectivity index (χ3v) is 3.30. The largest absolute Gasteiger partial charge is 0.290 e. The van der Waals surface area contributed by atoms with Gasteiger partial charge in [0.15, 0.2) is 11.0 Å². The van der Waals surface area contributed by atoms with Gasteiger partial charge in [0.05, 0.1) is 22.2 Å². The Labute approximate surface area is 122 Å². The number of nitrogens with zero attached hydrogens (tertiary/aromatic N) is 3. The van der Waals surface area contributed by atoms with Crippen molar-refractivity contribution in [1.29, 1.82) is 0 Å². The molecule has 0 bridgehead atoms. The summed E-state index contributed by atoms with van der Waals surface area (Å²) >= 11 is 11.5. The Bertz CT molecular complexity index is 824. The van der Waals surface area contributed by atoms with Crippen LogP contribution in [0, 0.1) is 10.1 Å². The van der Waals surface area contributed by atoms with Crippen LogP contribution in [-0.4, -0.2) is 29.6 Å². The van der Waals surface area contributed by atoms with Gasteiger partial charge in [-0.2, -0.15) is 0 Å². The zero-order valence-corrected chi connectivity index (χ0v) is 12.1. The molecule has 1 aromatic heterocycles. The first-order valence-corrected chi connectivity index (χ1v) is 7.61. The van der Waals surface area contributed by atoms with Crippen molar-refractivity contribution in [3.8, 4) is 0 Å². The van der Waals surface area contributed by atoms with Crippen molar-refractivity contribution in [1.82, 2.24) is 9.97 Å². The minimum atomic E-state index is -3.58. The number of fused-ring (bicyclic) bond motifs is 1. The van der Waals surface area contributed by atoms with E-state index in [1.165, 1.54) is 6.07 Å². The van der Waals surface area contributed by atoms with Gasteiger partial charge in [-0.05, 0) is 6.07 Å². The lowest BCUT2D eigenvalue weighted by Crippen LogP contribution is -2.12. The van der Waals surface area contributed by atoms with Crippen LogP contribution in [0.3, 0.4) is 0 Å². The molecule has 0 fully saturated rings. The second kappa shape index (κ2) is 5.00. The number of halogens is 2. The van der Waals surface area contributed by atoms with Gasteiger partial charge in [-0.1, -0.05) is 23.2 Å². The van der Waals surface area contributed by atoms with Gasteiger partial charge in [0, 0.05) is 6.07 Å². The van der Waals surface area contributed by atoms with Gasteiger partial charge in [0.2, 0.25) is 10.0 Å². The highest BCUT2D eigenvalue weighted by Crippen LogP contribution is 2.30. The molecule has 0 amide bonds. The standard InChI is InChI=1S/C9H6Cl2N4O4S/c1-20(18,19)14-9-8(11)12-6-3-7(15(16)17)4(10)2-5(6)13-9/h2-3H,1H3,(H,13,14). The van der Waals surface area contributed by atoms with Crippen LogP contribution in [0.1, 0.15) is 0 Å². The van der Waals surface area contributed by atoms with Gasteiger partial charge in [0.1, 0.15) is 5.02 Å². The fourth-order valence-electron chi connectivity index (χ4n) is 1.43. The third kappa shape index (κ3) is 3.06. The molecule has 0 aliphatic carbocycles. The molecular weight excluding hydrogens is 331 g/mol. The summed E-state index contributed by atoms with van der Waals surface area (Å²) in [6, 6.07) is 2.33. The second-order valence-electron chi connectivity index (χ2n) is 3.79. The zero-order valence-electron chi connectivity index (χ0n) is 9.79. The van der Waals surface area contributed by atoms with E-state index in [1.807, 2.05) is 0 Å². The molecule has 8 nitrogen and oxygen atoms in total. The van der Waals surface area contributed by atoms with Crippen molar-refractivity contribution in [2.75, 3.05) is 11.0 Å². The average Bonchev–Trinajstić information content (AvgIpc) is 2.28. The van der Waals surface area contributed by atoms with Crippen LogP contribution in [0.25, 0.3) is 11.0 Å². The average molecular weight is 337 g/mol. The number of nitro groups is 1. The first kappa shape index (κ1) is 14.7. The molecule has 0 unspecified atom stereocenters. The number of aromatic nitrogens is 2. The molecule has 0 atom stereocenters. The lowest BCUT2D eigenvalue weighted by Gasteiger charge is -2.06. The summed E-state index contributed by atoms with van der Waals surface area (Å²) in [4.78, 5) is 17.9. The summed E-state index contributed by atoms with van der Waals surface area (Å²) in [5, 5.41) is 10.4. The van der Waals surface area contributed by atoms with Gasteiger partial charge < -0.3 is 0 Å². The van der Waals surface area contributed by atoms with Crippen molar-refractivity contribution in [2.24, 2.45) is 0 Å². The van der Waals surface area contributed by atoms with E-state index in [0.29, 0.717) is 0 Å². The smallest absolute Gasteiger partial charge is 0.265 e. The molecular formula is C9H6Cl2N4O4S. The number of rotatable bonds is 3. The van der Waals surface area contributed by atoms with Crippen LogP contribution in [-0.2, 0) is 10.0 Å². The van der Waals surface area contributed by atoms with E-state index in [-0.39, 0.29) is 32.7 Å². The number of benzene rings is 1. The lowest BCUT2D eigenvalue weighted by molar-refractivity contribution is -0.384. The molecule has 11 heteroatoms. The molecule has 0 saturated carbocycles. The minimum Gasteiger partial charge on any atom is -0.265 e. The van der Waals surface area contributed by atoms with Crippen LogP contribution < -0.4 is 4.72 Å². The summed E-state index contributed by atoms with van der Waals surface area (Å²) in [7, 11) is -3.58. The van der Waals surface area contributed by atoms with E-state index in [2.05, 4.69) is 14.7 Å². The molecule has 0 saturated heterocycles. The fourth-order valence-corrected chi connectivity index (χ4v) is 2.38. The summed E-state index contributed by atoms with van der Waals surface area (Å²) in [6.45, 7) is 0. The van der Waals surface area contributed by atoms with Gasteiger partial charge in [-0.15, -0.1) is 0 Å². The maximum atomic E-state index is 11.1. The Morgan fingerprint density at radius 2 is 1.85 bits per heavy atom. The first-order chi connectivity index (χ1) is 9.17. The van der Waals surface area contributed by atoms with Crippen LogP contribution in [0.4, 0.5) is 11.5 Å². The van der Waals surface area contributed by atoms with Crippen LogP contribution in [0.5, 0.6) is 0 Å². The summed E-state index contributed by atoms with van der Waals surface area (Å²) in [6.07, 6.45) is 0.929. The van der Waals surface area contributed by atoms with Crippen molar-refractivity contribution in [2.45, 2.75) is 0 Å². The molecule has 1 N–H and O–H groups in total. The van der Waals surface area contributed by atoms with Crippen molar-refractivity contribution in [3.63, 3.8) is 0 Å². The molecule has 0 radical (unpaired) electrons. The Morgan fingerprint density at radius 3 is 2.40 bits per heavy atom. The molecule has 106 valence electrons. The third-order valence-electron chi connectivity index (χ3n) is 2.17. The Morgan fingerprint density at radius 1 is 1.25 bits per heavy atom. The van der Waals surface area contributed by atoms with Crippen LogP contribution in [0.2, 0.25) is 10.2 Å². The van der Waals surface area contributed by atoms with E-state index in [9.17, 15) is 18.5 Å². The highest BCUT2D eigenvalue weighted by molar-refractivity contribution is 7.92. The van der Waals surface area contributed by atoms with Gasteiger partial charge in [-0.3, -0.25) is 14.8 Å². The number of nitrogens with one attached hydrogen (secondary N) is 1. The van der Waals surface area contributed by atoms with E-state index in [1.54, 1.807) is 0 Å². The van der Waals surface area contributed by atoms with Crippen LogP contribution >= 0.6 is 23.2 Å². The van der Waals surface area contributed by atoms with Crippen molar-refractivity contribution >= 4 is 55.8 Å². The predicted molar refractivity (Wildman–Crippen MR) is 74.7 cm³/mol. The monoisotopic (exact) mass is 336 g/mol. The highest BCUT2D eigenvalue weighted by Gasteiger charge is 2.17. The Kier molecular flexibility index (Phi) is 3.67. The summed E-state index contributed by atoms with van der Waals surface area (Å²) in [5.74, 6) is -0.174. The molecule has 1 aromatic carbocycles. The molecule has 0 aliphatic rings. The maximum absolute atomic E-state index is 11.1. The Hall–Kier alpha value is -1.71. The molecule has 2 aromatic rings. The quantitative estimate of drug-likeness (QED) is 0.678. The maximum Gasteiger partial charge on any atom is 0.290 e. The van der Waals surface area contributed by atoms with Crippen molar-refractivity contribution in [3.05, 3.63) is 32.4 Å². The van der Waals surface area contributed by atoms with Gasteiger partial charge >= 0.3 is 0 Å². The predicted octanol–water partition coefficient (Wildman–Crippen LogP) is 2.22. The topological polar surface area (TPSA) is 115 Å². The number of anilines is 1. The Balaban J connectivity index is 2.66. The number of hydrogen-bond acceptors (Lipinski definition) is 6.